The average molecular weight is 236 g/mol. The van der Waals surface area contributed by atoms with Crippen molar-refractivity contribution in [1.29, 1.82) is 0 Å². The third kappa shape index (κ3) is 3.98. The van der Waals surface area contributed by atoms with Gasteiger partial charge in [-0.3, -0.25) is 4.79 Å². The summed E-state index contributed by atoms with van der Waals surface area (Å²) in [4.78, 5) is 21.1. The minimum atomic E-state index is -1.09. The summed E-state index contributed by atoms with van der Waals surface area (Å²) in [6, 6.07) is 4.84. The highest BCUT2D eigenvalue weighted by Gasteiger charge is 2.06. The van der Waals surface area contributed by atoms with Crippen LogP contribution in [0.25, 0.3) is 6.08 Å². The Morgan fingerprint density at radius 1 is 1.35 bits per heavy atom. The molecule has 0 aliphatic heterocycles. The molecule has 0 unspecified atom stereocenters. The van der Waals surface area contributed by atoms with Crippen molar-refractivity contribution in [3.8, 4) is 5.75 Å². The maximum atomic E-state index is 10.6. The highest BCUT2D eigenvalue weighted by Crippen LogP contribution is 2.19. The lowest BCUT2D eigenvalue weighted by Crippen LogP contribution is -2.02. The van der Waals surface area contributed by atoms with E-state index in [0.29, 0.717) is 16.9 Å². The normalized spacial score (nSPS) is 10.4. The minimum Gasteiger partial charge on any atom is -0.497 e. The third-order valence-electron chi connectivity index (χ3n) is 2.10. The number of rotatable bonds is 5. The van der Waals surface area contributed by atoms with Crippen LogP contribution in [0.4, 0.5) is 0 Å². The first-order valence-corrected chi connectivity index (χ1v) is 4.82. The zero-order valence-electron chi connectivity index (χ0n) is 9.21. The van der Waals surface area contributed by atoms with Gasteiger partial charge in [-0.1, -0.05) is 6.07 Å². The molecule has 0 bridgehead atoms. The molecule has 2 N–H and O–H groups in total. The number of benzene rings is 1. The molecule has 0 aromatic heterocycles. The number of aliphatic carboxylic acids is 2. The second-order valence-electron chi connectivity index (χ2n) is 3.31. The lowest BCUT2D eigenvalue weighted by atomic mass is 10.0. The predicted molar refractivity (Wildman–Crippen MR) is 61.0 cm³/mol. The van der Waals surface area contributed by atoms with Gasteiger partial charge in [0, 0.05) is 6.08 Å². The molecule has 1 aromatic carbocycles. The van der Waals surface area contributed by atoms with Crippen molar-refractivity contribution in [2.24, 2.45) is 0 Å². The summed E-state index contributed by atoms with van der Waals surface area (Å²) in [7, 11) is 1.48. The fourth-order valence-electron chi connectivity index (χ4n) is 1.34. The van der Waals surface area contributed by atoms with Gasteiger partial charge in [-0.05, 0) is 29.3 Å². The molecule has 0 spiro atoms. The second-order valence-corrected chi connectivity index (χ2v) is 3.31. The number of methoxy groups -OCH3 is 1. The van der Waals surface area contributed by atoms with E-state index in [2.05, 4.69) is 0 Å². The van der Waals surface area contributed by atoms with Crippen molar-refractivity contribution < 1.29 is 24.5 Å². The zero-order chi connectivity index (χ0) is 12.8. The maximum absolute atomic E-state index is 10.6. The fourth-order valence-corrected chi connectivity index (χ4v) is 1.34. The molecule has 0 aliphatic carbocycles. The van der Waals surface area contributed by atoms with Gasteiger partial charge in [0.15, 0.2) is 0 Å². The second kappa shape index (κ2) is 5.69. The van der Waals surface area contributed by atoms with E-state index in [1.54, 1.807) is 18.2 Å². The fraction of sp³-hybridized carbons (Fsp3) is 0.167. The monoisotopic (exact) mass is 236 g/mol. The maximum Gasteiger partial charge on any atom is 0.328 e. The Labute approximate surface area is 98.0 Å². The lowest BCUT2D eigenvalue weighted by molar-refractivity contribution is -0.136. The van der Waals surface area contributed by atoms with E-state index < -0.39 is 11.9 Å². The van der Waals surface area contributed by atoms with Crippen LogP contribution in [0.15, 0.2) is 24.3 Å². The Kier molecular flexibility index (Phi) is 4.28. The van der Waals surface area contributed by atoms with Crippen LogP contribution in [-0.2, 0) is 16.0 Å². The first-order valence-electron chi connectivity index (χ1n) is 4.82. The summed E-state index contributed by atoms with van der Waals surface area (Å²) in [5, 5.41) is 17.3. The Morgan fingerprint density at radius 2 is 2.06 bits per heavy atom. The Morgan fingerprint density at radius 3 is 2.59 bits per heavy atom. The van der Waals surface area contributed by atoms with Crippen LogP contribution < -0.4 is 4.74 Å². The van der Waals surface area contributed by atoms with Gasteiger partial charge in [-0.2, -0.15) is 0 Å². The summed E-state index contributed by atoms with van der Waals surface area (Å²) in [6.45, 7) is 0. The molecule has 0 heterocycles. The Balaban J connectivity index is 3.10. The molecule has 1 rings (SSSR count). The Hall–Kier alpha value is -2.30. The zero-order valence-corrected chi connectivity index (χ0v) is 9.21. The number of hydrogen-bond acceptors (Lipinski definition) is 3. The summed E-state index contributed by atoms with van der Waals surface area (Å²) in [5.74, 6) is -1.52. The van der Waals surface area contributed by atoms with Crippen molar-refractivity contribution >= 4 is 18.0 Å². The summed E-state index contributed by atoms with van der Waals surface area (Å²) in [6.07, 6.45) is 2.15. The molecular weight excluding hydrogens is 224 g/mol. The molecule has 0 fully saturated rings. The van der Waals surface area contributed by atoms with Crippen LogP contribution in [0.2, 0.25) is 0 Å². The molecular formula is C12H12O5. The van der Waals surface area contributed by atoms with Crippen molar-refractivity contribution in [2.45, 2.75) is 6.42 Å². The van der Waals surface area contributed by atoms with Gasteiger partial charge in [0.1, 0.15) is 5.75 Å². The van der Waals surface area contributed by atoms with Crippen molar-refractivity contribution in [1.82, 2.24) is 0 Å². The SMILES string of the molecule is COc1ccc(CC(=O)O)c(C=CC(=O)O)c1. The van der Waals surface area contributed by atoms with E-state index in [1.807, 2.05) is 0 Å². The minimum absolute atomic E-state index is 0.163. The molecule has 17 heavy (non-hydrogen) atoms. The molecule has 90 valence electrons. The van der Waals surface area contributed by atoms with Crippen LogP contribution in [0, 0.1) is 0 Å². The van der Waals surface area contributed by atoms with Crippen molar-refractivity contribution in [3.63, 3.8) is 0 Å². The van der Waals surface area contributed by atoms with E-state index in [-0.39, 0.29) is 6.42 Å². The smallest absolute Gasteiger partial charge is 0.328 e. The summed E-state index contributed by atoms with van der Waals surface area (Å²) >= 11 is 0. The molecule has 0 radical (unpaired) electrons. The van der Waals surface area contributed by atoms with Crippen molar-refractivity contribution in [2.75, 3.05) is 7.11 Å². The highest BCUT2D eigenvalue weighted by atomic mass is 16.5. The quantitative estimate of drug-likeness (QED) is 0.755. The summed E-state index contributed by atoms with van der Waals surface area (Å²) < 4.78 is 4.99. The van der Waals surface area contributed by atoms with Gasteiger partial charge >= 0.3 is 11.9 Å². The average Bonchev–Trinajstić information content (AvgIpc) is 2.27. The number of hydrogen-bond donors (Lipinski definition) is 2. The van der Waals surface area contributed by atoms with E-state index in [0.717, 1.165) is 6.08 Å². The van der Waals surface area contributed by atoms with E-state index >= 15 is 0 Å². The van der Waals surface area contributed by atoms with Gasteiger partial charge < -0.3 is 14.9 Å². The van der Waals surface area contributed by atoms with Crippen molar-refractivity contribution in [3.05, 3.63) is 35.4 Å². The van der Waals surface area contributed by atoms with Crippen LogP contribution >= 0.6 is 0 Å². The van der Waals surface area contributed by atoms with Crippen LogP contribution in [0.1, 0.15) is 11.1 Å². The van der Waals surface area contributed by atoms with E-state index in [1.165, 1.54) is 13.2 Å². The largest absolute Gasteiger partial charge is 0.497 e. The Bertz CT molecular complexity index is 462. The van der Waals surface area contributed by atoms with Crippen LogP contribution in [0.5, 0.6) is 5.75 Å². The van der Waals surface area contributed by atoms with Gasteiger partial charge in [-0.25, -0.2) is 4.79 Å². The molecule has 0 atom stereocenters. The molecule has 5 nitrogen and oxygen atoms in total. The number of carboxylic acids is 2. The molecule has 0 amide bonds. The van der Waals surface area contributed by atoms with Crippen LogP contribution in [-0.4, -0.2) is 29.3 Å². The summed E-state index contributed by atoms with van der Waals surface area (Å²) in [5.41, 5.74) is 1.06. The topological polar surface area (TPSA) is 83.8 Å². The number of carboxylic acid groups (broad SMARTS) is 2. The molecule has 0 saturated carbocycles. The van der Waals surface area contributed by atoms with Gasteiger partial charge in [0.25, 0.3) is 0 Å². The molecule has 0 aliphatic rings. The van der Waals surface area contributed by atoms with E-state index in [4.69, 9.17) is 14.9 Å². The number of ether oxygens (including phenoxy) is 1. The van der Waals surface area contributed by atoms with Gasteiger partial charge in [-0.15, -0.1) is 0 Å². The standard InChI is InChI=1S/C12H12O5/c1-17-10-4-2-9(7-12(15)16)8(6-10)3-5-11(13)14/h2-6H,7H2,1H3,(H,13,14)(H,15,16). The molecule has 1 aromatic rings. The third-order valence-corrected chi connectivity index (χ3v) is 2.10. The first-order chi connectivity index (χ1) is 8.02. The van der Waals surface area contributed by atoms with Gasteiger partial charge in [0.05, 0.1) is 13.5 Å². The highest BCUT2D eigenvalue weighted by molar-refractivity contribution is 5.86. The van der Waals surface area contributed by atoms with E-state index in [9.17, 15) is 9.59 Å². The lowest BCUT2D eigenvalue weighted by Gasteiger charge is -2.06. The number of carbonyl (C=O) groups is 2. The van der Waals surface area contributed by atoms with Crippen LogP contribution in [0.3, 0.4) is 0 Å². The first kappa shape index (κ1) is 12.8. The molecule has 5 heteroatoms. The molecule has 0 saturated heterocycles. The van der Waals surface area contributed by atoms with Gasteiger partial charge in [0.2, 0.25) is 0 Å². The predicted octanol–water partition coefficient (Wildman–Crippen LogP) is 1.42.